The number of rotatable bonds is 2. The van der Waals surface area contributed by atoms with Crippen LogP contribution in [0.3, 0.4) is 0 Å². The van der Waals surface area contributed by atoms with E-state index < -0.39 is 0 Å². The summed E-state index contributed by atoms with van der Waals surface area (Å²) in [6.07, 6.45) is 7.86. The predicted octanol–water partition coefficient (Wildman–Crippen LogP) is 2.07. The molecule has 2 heteroatoms. The molecule has 0 saturated heterocycles. The summed E-state index contributed by atoms with van der Waals surface area (Å²) in [7, 11) is 0. The van der Waals surface area contributed by atoms with E-state index in [1.807, 2.05) is 12.4 Å². The highest BCUT2D eigenvalue weighted by Gasteiger charge is 2.33. The molecule has 1 N–H and O–H groups in total. The van der Waals surface area contributed by atoms with Crippen LogP contribution >= 0.6 is 0 Å². The first-order valence-electron chi connectivity index (χ1n) is 5.53. The summed E-state index contributed by atoms with van der Waals surface area (Å²) in [6.45, 7) is 2.33. The van der Waals surface area contributed by atoms with Crippen molar-refractivity contribution in [2.75, 3.05) is 0 Å². The van der Waals surface area contributed by atoms with E-state index in [1.54, 1.807) is 0 Å². The second kappa shape index (κ2) is 3.06. The Balaban J connectivity index is 1.88. The van der Waals surface area contributed by atoms with Crippen LogP contribution in [0.4, 0.5) is 0 Å². The zero-order valence-electron chi connectivity index (χ0n) is 8.53. The van der Waals surface area contributed by atoms with Crippen molar-refractivity contribution in [2.24, 2.45) is 5.92 Å². The van der Waals surface area contributed by atoms with Gasteiger partial charge in [0.15, 0.2) is 0 Å². The first-order valence-corrected chi connectivity index (χ1v) is 5.53. The van der Waals surface area contributed by atoms with Crippen LogP contribution in [0.15, 0.2) is 18.5 Å². The van der Waals surface area contributed by atoms with E-state index in [0.717, 1.165) is 12.0 Å². The summed E-state index contributed by atoms with van der Waals surface area (Å²) in [5.41, 5.74) is 2.93. The minimum atomic E-state index is 0.584. The maximum absolute atomic E-state index is 4.19. The normalized spacial score (nSPS) is 30.4. The summed E-state index contributed by atoms with van der Waals surface area (Å²) in [4.78, 5) is 4.19. The van der Waals surface area contributed by atoms with Gasteiger partial charge in [0, 0.05) is 24.5 Å². The topological polar surface area (TPSA) is 24.9 Å². The van der Waals surface area contributed by atoms with Crippen LogP contribution < -0.4 is 5.32 Å². The number of nitrogens with zero attached hydrogens (tertiary/aromatic N) is 1. The second-order valence-electron chi connectivity index (χ2n) is 4.67. The minimum absolute atomic E-state index is 0.584. The molecule has 1 aromatic rings. The molecule has 0 spiro atoms. The van der Waals surface area contributed by atoms with Crippen LogP contribution in [0.2, 0.25) is 0 Å². The van der Waals surface area contributed by atoms with Gasteiger partial charge in [0.05, 0.1) is 0 Å². The fourth-order valence-corrected chi connectivity index (χ4v) is 2.44. The summed E-state index contributed by atoms with van der Waals surface area (Å²) in [5, 5.41) is 3.73. The Kier molecular flexibility index (Phi) is 1.84. The second-order valence-corrected chi connectivity index (χ2v) is 4.67. The number of hydrogen-bond acceptors (Lipinski definition) is 2. The zero-order valence-corrected chi connectivity index (χ0v) is 8.53. The lowest BCUT2D eigenvalue weighted by Gasteiger charge is -2.18. The Morgan fingerprint density at radius 3 is 3.07 bits per heavy atom. The smallest absolute Gasteiger partial charge is 0.0355 e. The molecule has 2 aliphatic carbocycles. The van der Waals surface area contributed by atoms with Gasteiger partial charge in [-0.05, 0) is 42.4 Å². The highest BCUT2D eigenvalue weighted by atomic mass is 15.0. The van der Waals surface area contributed by atoms with Gasteiger partial charge in [0.25, 0.3) is 0 Å². The molecule has 74 valence electrons. The third-order valence-electron chi connectivity index (χ3n) is 3.38. The predicted molar refractivity (Wildman–Crippen MR) is 56.0 cm³/mol. The van der Waals surface area contributed by atoms with Crippen LogP contribution in [-0.4, -0.2) is 11.0 Å². The van der Waals surface area contributed by atoms with Crippen molar-refractivity contribution >= 4 is 0 Å². The van der Waals surface area contributed by atoms with E-state index in [2.05, 4.69) is 23.3 Å². The van der Waals surface area contributed by atoms with E-state index in [1.165, 1.54) is 30.4 Å². The van der Waals surface area contributed by atoms with Gasteiger partial charge in [-0.25, -0.2) is 0 Å². The van der Waals surface area contributed by atoms with Crippen LogP contribution in [0.1, 0.15) is 36.9 Å². The third kappa shape index (κ3) is 1.34. The molecule has 3 rings (SSSR count). The zero-order chi connectivity index (χ0) is 9.54. The van der Waals surface area contributed by atoms with Crippen molar-refractivity contribution in [1.82, 2.24) is 10.3 Å². The van der Waals surface area contributed by atoms with Crippen molar-refractivity contribution in [3.8, 4) is 0 Å². The molecule has 1 saturated carbocycles. The Labute approximate surface area is 84.7 Å². The van der Waals surface area contributed by atoms with E-state index in [0.29, 0.717) is 6.04 Å². The lowest BCUT2D eigenvalue weighted by Crippen LogP contribution is -2.25. The molecule has 0 amide bonds. The molecule has 1 fully saturated rings. The van der Waals surface area contributed by atoms with Gasteiger partial charge in [0.1, 0.15) is 0 Å². The number of nitrogens with one attached hydrogen (secondary N) is 1. The maximum Gasteiger partial charge on any atom is 0.0355 e. The Hall–Kier alpha value is -0.890. The molecule has 1 aromatic heterocycles. The van der Waals surface area contributed by atoms with Crippen molar-refractivity contribution in [1.29, 1.82) is 0 Å². The highest BCUT2D eigenvalue weighted by molar-refractivity contribution is 5.33. The molecule has 0 bridgehead atoms. The van der Waals surface area contributed by atoms with Gasteiger partial charge in [-0.2, -0.15) is 0 Å². The van der Waals surface area contributed by atoms with Gasteiger partial charge in [-0.1, -0.05) is 6.92 Å². The van der Waals surface area contributed by atoms with Crippen LogP contribution in [0.25, 0.3) is 0 Å². The van der Waals surface area contributed by atoms with Gasteiger partial charge >= 0.3 is 0 Å². The van der Waals surface area contributed by atoms with Crippen molar-refractivity contribution in [3.05, 3.63) is 29.6 Å². The van der Waals surface area contributed by atoms with Gasteiger partial charge < -0.3 is 5.32 Å². The standard InChI is InChI=1S/C12H16N2/c1-8-6-9-7-13-5-4-11(9)12(8)14-10-2-3-10/h4-5,7-8,10,12,14H,2-3,6H2,1H3. The summed E-state index contributed by atoms with van der Waals surface area (Å²) in [5.74, 6) is 0.731. The molecule has 2 atom stereocenters. The number of hydrogen-bond donors (Lipinski definition) is 1. The van der Waals surface area contributed by atoms with Gasteiger partial charge in [0.2, 0.25) is 0 Å². The lowest BCUT2D eigenvalue weighted by atomic mass is 10.0. The minimum Gasteiger partial charge on any atom is -0.307 e. The van der Waals surface area contributed by atoms with E-state index >= 15 is 0 Å². The molecular weight excluding hydrogens is 172 g/mol. The van der Waals surface area contributed by atoms with E-state index in [-0.39, 0.29) is 0 Å². The average molecular weight is 188 g/mol. The SMILES string of the molecule is CC1Cc2cnccc2C1NC1CC1. The summed E-state index contributed by atoms with van der Waals surface area (Å²) < 4.78 is 0. The molecule has 0 aliphatic heterocycles. The van der Waals surface area contributed by atoms with Gasteiger partial charge in [-0.15, -0.1) is 0 Å². The molecule has 2 nitrogen and oxygen atoms in total. The summed E-state index contributed by atoms with van der Waals surface area (Å²) in [6, 6.07) is 3.56. The largest absolute Gasteiger partial charge is 0.307 e. The van der Waals surface area contributed by atoms with Gasteiger partial charge in [-0.3, -0.25) is 4.98 Å². The maximum atomic E-state index is 4.19. The highest BCUT2D eigenvalue weighted by Crippen LogP contribution is 2.37. The summed E-state index contributed by atoms with van der Waals surface area (Å²) >= 11 is 0. The fraction of sp³-hybridized carbons (Fsp3) is 0.583. The molecular formula is C12H16N2. The first-order chi connectivity index (χ1) is 6.84. The molecule has 2 aliphatic rings. The number of fused-ring (bicyclic) bond motifs is 1. The molecule has 0 radical (unpaired) electrons. The Morgan fingerprint density at radius 1 is 1.43 bits per heavy atom. The average Bonchev–Trinajstić information content (AvgIpc) is 2.93. The Morgan fingerprint density at radius 2 is 2.29 bits per heavy atom. The van der Waals surface area contributed by atoms with Crippen LogP contribution in [-0.2, 0) is 6.42 Å². The lowest BCUT2D eigenvalue weighted by molar-refractivity contribution is 0.414. The number of aromatic nitrogens is 1. The number of pyridine rings is 1. The van der Waals surface area contributed by atoms with Crippen LogP contribution in [0, 0.1) is 5.92 Å². The van der Waals surface area contributed by atoms with Crippen molar-refractivity contribution in [3.63, 3.8) is 0 Å². The van der Waals surface area contributed by atoms with Crippen molar-refractivity contribution < 1.29 is 0 Å². The van der Waals surface area contributed by atoms with E-state index in [4.69, 9.17) is 0 Å². The molecule has 2 unspecified atom stereocenters. The van der Waals surface area contributed by atoms with Crippen molar-refractivity contribution in [2.45, 2.75) is 38.3 Å². The fourth-order valence-electron chi connectivity index (χ4n) is 2.44. The molecule has 0 aromatic carbocycles. The Bertz CT molecular complexity index is 344. The molecule has 14 heavy (non-hydrogen) atoms. The van der Waals surface area contributed by atoms with Crippen LogP contribution in [0.5, 0.6) is 0 Å². The monoisotopic (exact) mass is 188 g/mol. The first kappa shape index (κ1) is 8.42. The third-order valence-corrected chi connectivity index (χ3v) is 3.38. The quantitative estimate of drug-likeness (QED) is 0.768. The van der Waals surface area contributed by atoms with E-state index in [9.17, 15) is 0 Å². The molecule has 1 heterocycles.